The molecule has 0 aromatic heterocycles. The van der Waals surface area contributed by atoms with Gasteiger partial charge < -0.3 is 0 Å². The van der Waals surface area contributed by atoms with Gasteiger partial charge in [-0.25, -0.2) is 0 Å². The Labute approximate surface area is 158 Å². The summed E-state index contributed by atoms with van der Waals surface area (Å²) in [6.45, 7) is 9.98. The summed E-state index contributed by atoms with van der Waals surface area (Å²) < 4.78 is 0. The molecular weight excluding hydrogens is 312 g/mol. The molecular formula is C26H30. The number of hydrogen-bond acceptors (Lipinski definition) is 0. The van der Waals surface area contributed by atoms with Gasteiger partial charge in [0.15, 0.2) is 0 Å². The van der Waals surface area contributed by atoms with Crippen molar-refractivity contribution in [3.63, 3.8) is 0 Å². The maximum Gasteiger partial charge on any atom is 0.00955 e. The van der Waals surface area contributed by atoms with Gasteiger partial charge in [-0.2, -0.15) is 0 Å². The van der Waals surface area contributed by atoms with Crippen LogP contribution in [0.2, 0.25) is 0 Å². The van der Waals surface area contributed by atoms with Crippen LogP contribution in [0, 0.1) is 16.7 Å². The first-order chi connectivity index (χ1) is 12.4. The molecule has 134 valence electrons. The summed E-state index contributed by atoms with van der Waals surface area (Å²) in [4.78, 5) is 0. The molecule has 0 heteroatoms. The van der Waals surface area contributed by atoms with Gasteiger partial charge in [0.25, 0.3) is 0 Å². The highest BCUT2D eigenvalue weighted by atomic mass is 14.5. The topological polar surface area (TPSA) is 0 Å². The second-order valence-corrected chi connectivity index (χ2v) is 9.87. The molecule has 3 aliphatic rings. The molecule has 0 heterocycles. The molecule has 0 nitrogen and oxygen atoms in total. The Morgan fingerprint density at radius 2 is 1.65 bits per heavy atom. The van der Waals surface area contributed by atoms with Crippen LogP contribution in [0.5, 0.6) is 0 Å². The Balaban J connectivity index is 1.73. The molecule has 26 heavy (non-hydrogen) atoms. The maximum absolute atomic E-state index is 2.51. The van der Waals surface area contributed by atoms with Crippen molar-refractivity contribution in [1.82, 2.24) is 0 Å². The van der Waals surface area contributed by atoms with Crippen molar-refractivity contribution in [2.45, 2.75) is 59.3 Å². The van der Waals surface area contributed by atoms with Gasteiger partial charge in [0.05, 0.1) is 0 Å². The number of allylic oxidation sites excluding steroid dienone is 3. The lowest BCUT2D eigenvalue weighted by Gasteiger charge is -2.54. The highest BCUT2D eigenvalue weighted by Crippen LogP contribution is 2.61. The Morgan fingerprint density at radius 1 is 0.846 bits per heavy atom. The predicted molar refractivity (Wildman–Crippen MR) is 112 cm³/mol. The quantitative estimate of drug-likeness (QED) is 0.465. The molecule has 0 aliphatic heterocycles. The molecule has 2 unspecified atom stereocenters. The summed E-state index contributed by atoms with van der Waals surface area (Å²) in [5, 5.41) is 2.77. The monoisotopic (exact) mass is 342 g/mol. The third-order valence-corrected chi connectivity index (χ3v) is 8.19. The van der Waals surface area contributed by atoms with Gasteiger partial charge in [-0.1, -0.05) is 81.8 Å². The standard InChI is InChI=1S/C26H30/c1-25(2)16-15-18-10-12-22-21-11-9-17-7-5-6-8-19(17)20(21)13-14-23(22)24(18)26(25,3)4/h5-9,11,13-14,18,22H,10,12,15-16H2,1-4H3. The minimum Gasteiger partial charge on any atom is -0.0616 e. The SMILES string of the molecule is CC1(C)CCC2CCC3C(=C2C1(C)C)C=Cc1c3ccc2ccccc12. The molecule has 3 aliphatic carbocycles. The zero-order valence-corrected chi connectivity index (χ0v) is 16.6. The summed E-state index contributed by atoms with van der Waals surface area (Å²) in [5.74, 6) is 1.40. The smallest absolute Gasteiger partial charge is 0.00955 e. The molecule has 2 aromatic carbocycles. The van der Waals surface area contributed by atoms with Gasteiger partial charge >= 0.3 is 0 Å². The third kappa shape index (κ3) is 2.08. The normalized spacial score (nSPS) is 28.5. The van der Waals surface area contributed by atoms with E-state index in [-0.39, 0.29) is 5.41 Å². The molecule has 2 aromatic rings. The maximum atomic E-state index is 2.51. The van der Waals surface area contributed by atoms with E-state index in [0.717, 1.165) is 5.92 Å². The van der Waals surface area contributed by atoms with Crippen LogP contribution < -0.4 is 0 Å². The molecule has 0 spiro atoms. The average Bonchev–Trinajstić information content (AvgIpc) is 2.64. The number of benzene rings is 2. The van der Waals surface area contributed by atoms with Gasteiger partial charge in [0, 0.05) is 5.92 Å². The highest BCUT2D eigenvalue weighted by Gasteiger charge is 2.49. The number of fused-ring (bicyclic) bond motifs is 6. The van der Waals surface area contributed by atoms with E-state index in [1.54, 1.807) is 16.7 Å². The van der Waals surface area contributed by atoms with Crippen molar-refractivity contribution >= 4 is 16.8 Å². The Hall–Kier alpha value is -1.82. The van der Waals surface area contributed by atoms with Crippen LogP contribution in [-0.2, 0) is 0 Å². The second kappa shape index (κ2) is 5.35. The lowest BCUT2D eigenvalue weighted by Crippen LogP contribution is -2.43. The van der Waals surface area contributed by atoms with Crippen molar-refractivity contribution < 1.29 is 0 Å². The van der Waals surface area contributed by atoms with Crippen molar-refractivity contribution in [1.29, 1.82) is 0 Å². The molecule has 0 amide bonds. The molecule has 5 rings (SSSR count). The van der Waals surface area contributed by atoms with Crippen LogP contribution in [0.1, 0.15) is 70.4 Å². The molecule has 0 N–H and O–H groups in total. The fourth-order valence-electron chi connectivity index (χ4n) is 5.97. The zero-order chi connectivity index (χ0) is 18.1. The number of rotatable bonds is 0. The van der Waals surface area contributed by atoms with Crippen molar-refractivity contribution in [2.75, 3.05) is 0 Å². The van der Waals surface area contributed by atoms with E-state index in [4.69, 9.17) is 0 Å². The van der Waals surface area contributed by atoms with Crippen molar-refractivity contribution in [3.8, 4) is 0 Å². The molecule has 2 atom stereocenters. The van der Waals surface area contributed by atoms with Gasteiger partial charge in [-0.15, -0.1) is 0 Å². The first-order valence-corrected chi connectivity index (χ1v) is 10.3. The van der Waals surface area contributed by atoms with Gasteiger partial charge in [-0.3, -0.25) is 0 Å². The Bertz CT molecular complexity index is 951. The van der Waals surface area contributed by atoms with E-state index < -0.39 is 0 Å². The first-order valence-electron chi connectivity index (χ1n) is 10.3. The van der Waals surface area contributed by atoms with Crippen molar-refractivity contribution in [3.05, 3.63) is 64.7 Å². The van der Waals surface area contributed by atoms with Crippen molar-refractivity contribution in [2.24, 2.45) is 16.7 Å². The average molecular weight is 343 g/mol. The van der Waals surface area contributed by atoms with Gasteiger partial charge in [0.2, 0.25) is 0 Å². The van der Waals surface area contributed by atoms with Crippen LogP contribution in [0.3, 0.4) is 0 Å². The Kier molecular flexibility index (Phi) is 3.36. The van der Waals surface area contributed by atoms with Crippen LogP contribution >= 0.6 is 0 Å². The summed E-state index contributed by atoms with van der Waals surface area (Å²) in [5.41, 5.74) is 7.12. The fourth-order valence-corrected chi connectivity index (χ4v) is 5.97. The van der Waals surface area contributed by atoms with E-state index in [9.17, 15) is 0 Å². The summed E-state index contributed by atoms with van der Waals surface area (Å²) >= 11 is 0. The molecule has 1 fully saturated rings. The number of hydrogen-bond donors (Lipinski definition) is 0. The minimum absolute atomic E-state index is 0.280. The molecule has 0 bridgehead atoms. The largest absolute Gasteiger partial charge is 0.0616 e. The molecule has 1 saturated carbocycles. The van der Waals surface area contributed by atoms with Crippen LogP contribution in [0.4, 0.5) is 0 Å². The summed E-state index contributed by atoms with van der Waals surface area (Å²) in [6, 6.07) is 13.6. The second-order valence-electron chi connectivity index (χ2n) is 9.87. The van der Waals surface area contributed by atoms with E-state index in [2.05, 4.69) is 76.2 Å². The predicted octanol–water partition coefficient (Wildman–Crippen LogP) is 7.50. The van der Waals surface area contributed by atoms with Crippen LogP contribution in [-0.4, -0.2) is 0 Å². The molecule has 0 saturated heterocycles. The lowest BCUT2D eigenvalue weighted by molar-refractivity contribution is 0.0733. The van der Waals surface area contributed by atoms with Crippen LogP contribution in [0.25, 0.3) is 16.8 Å². The van der Waals surface area contributed by atoms with Crippen LogP contribution in [0.15, 0.2) is 53.6 Å². The summed E-state index contributed by atoms with van der Waals surface area (Å²) in [6.07, 6.45) is 10.3. The van der Waals surface area contributed by atoms with E-state index in [1.165, 1.54) is 42.0 Å². The third-order valence-electron chi connectivity index (χ3n) is 8.19. The first kappa shape index (κ1) is 16.4. The summed E-state index contributed by atoms with van der Waals surface area (Å²) in [7, 11) is 0. The van der Waals surface area contributed by atoms with E-state index >= 15 is 0 Å². The minimum atomic E-state index is 0.280. The molecule has 0 radical (unpaired) electrons. The van der Waals surface area contributed by atoms with E-state index in [1.807, 2.05) is 0 Å². The Morgan fingerprint density at radius 3 is 2.50 bits per heavy atom. The van der Waals surface area contributed by atoms with Gasteiger partial charge in [0.1, 0.15) is 0 Å². The highest BCUT2D eigenvalue weighted by molar-refractivity contribution is 5.93. The zero-order valence-electron chi connectivity index (χ0n) is 16.6. The lowest BCUT2D eigenvalue weighted by atomic mass is 9.50. The fraction of sp³-hybridized carbons (Fsp3) is 0.462. The van der Waals surface area contributed by atoms with Gasteiger partial charge in [-0.05, 0) is 69.9 Å². The van der Waals surface area contributed by atoms with E-state index in [0.29, 0.717) is 11.3 Å².